The van der Waals surface area contributed by atoms with Crippen LogP contribution in [-0.2, 0) is 17.4 Å². The van der Waals surface area contributed by atoms with Crippen molar-refractivity contribution in [3.8, 4) is 0 Å². The lowest BCUT2D eigenvalue weighted by Gasteiger charge is -2.32. The first-order valence-corrected chi connectivity index (χ1v) is 9.53. The Morgan fingerprint density at radius 3 is 2.34 bits per heavy atom. The quantitative estimate of drug-likeness (QED) is 0.598. The molecule has 8 nitrogen and oxygen atoms in total. The van der Waals surface area contributed by atoms with Gasteiger partial charge in [-0.15, -0.1) is 0 Å². The average molecular weight is 452 g/mol. The highest BCUT2D eigenvalue weighted by Gasteiger charge is 2.30. The van der Waals surface area contributed by atoms with E-state index in [2.05, 4.69) is 15.8 Å². The van der Waals surface area contributed by atoms with E-state index in [-0.39, 0.29) is 24.2 Å². The van der Waals surface area contributed by atoms with Gasteiger partial charge in [0.25, 0.3) is 5.91 Å². The van der Waals surface area contributed by atoms with Gasteiger partial charge in [-0.25, -0.2) is 9.78 Å². The van der Waals surface area contributed by atoms with Gasteiger partial charge in [-0.2, -0.15) is 13.2 Å². The molecule has 32 heavy (non-hydrogen) atoms. The molecule has 1 aromatic heterocycles. The Morgan fingerprint density at radius 2 is 1.75 bits per heavy atom. The Balaban J connectivity index is 1.97. The van der Waals surface area contributed by atoms with E-state index in [1.54, 1.807) is 20.8 Å². The van der Waals surface area contributed by atoms with Gasteiger partial charge in [-0.1, -0.05) is 18.2 Å². The molecule has 1 heterocycles. The number of hydrogen-bond acceptors (Lipinski definition) is 4. The molecule has 0 aliphatic heterocycles. The topological polar surface area (TPSA) is 112 Å². The zero-order valence-corrected chi connectivity index (χ0v) is 17.7. The van der Waals surface area contributed by atoms with Crippen molar-refractivity contribution in [3.63, 3.8) is 0 Å². The summed E-state index contributed by atoms with van der Waals surface area (Å²) in [6.07, 6.45) is -4.56. The van der Waals surface area contributed by atoms with Crippen molar-refractivity contribution >= 4 is 23.7 Å². The fourth-order valence-corrected chi connectivity index (χ4v) is 2.83. The van der Waals surface area contributed by atoms with Gasteiger partial charge in [0.1, 0.15) is 5.82 Å². The molecule has 0 aliphatic rings. The summed E-state index contributed by atoms with van der Waals surface area (Å²) in [5.74, 6) is -1.28. The third-order valence-electron chi connectivity index (χ3n) is 4.31. The number of carboxylic acid groups (broad SMARTS) is 1. The maximum absolute atomic E-state index is 12.8. The number of carbonyl (C=O) groups is 3. The van der Waals surface area contributed by atoms with E-state index in [1.807, 2.05) is 0 Å². The van der Waals surface area contributed by atoms with Crippen LogP contribution in [0, 0.1) is 0 Å². The molecule has 0 aliphatic carbocycles. The zero-order chi connectivity index (χ0) is 24.1. The lowest BCUT2D eigenvalue weighted by molar-refractivity contribution is -0.137. The van der Waals surface area contributed by atoms with Gasteiger partial charge in [-0.05, 0) is 51.0 Å². The third kappa shape index (κ3) is 6.69. The first-order chi connectivity index (χ1) is 14.8. The van der Waals surface area contributed by atoms with Crippen molar-refractivity contribution in [1.29, 1.82) is 0 Å². The molecule has 0 bridgehead atoms. The molecule has 0 saturated heterocycles. The molecule has 0 spiro atoms. The van der Waals surface area contributed by atoms with Crippen molar-refractivity contribution in [3.05, 3.63) is 59.3 Å². The minimum atomic E-state index is -4.47. The number of halogens is 3. The lowest BCUT2D eigenvalue weighted by Crippen LogP contribution is -2.46. The Labute approximate surface area is 182 Å². The van der Waals surface area contributed by atoms with Crippen LogP contribution in [0.3, 0.4) is 0 Å². The number of nitrogens with one attached hydrogen (secondary N) is 2. The molecule has 0 unspecified atom stereocenters. The van der Waals surface area contributed by atoms with Crippen molar-refractivity contribution in [2.75, 3.05) is 4.90 Å². The number of pyridine rings is 1. The molecule has 0 saturated carbocycles. The van der Waals surface area contributed by atoms with Crippen LogP contribution in [0.5, 0.6) is 0 Å². The molecule has 11 heteroatoms. The van der Waals surface area contributed by atoms with E-state index >= 15 is 0 Å². The van der Waals surface area contributed by atoms with Gasteiger partial charge in [0, 0.05) is 23.7 Å². The Bertz CT molecular complexity index is 1000. The fraction of sp³-hybridized carbons (Fsp3) is 0.333. The monoisotopic (exact) mass is 452 g/mol. The molecule has 172 valence electrons. The van der Waals surface area contributed by atoms with Gasteiger partial charge < -0.3 is 5.11 Å². The molecule has 0 atom stereocenters. The largest absolute Gasteiger partial charge is 0.465 e. The van der Waals surface area contributed by atoms with E-state index in [1.165, 1.54) is 30.5 Å². The number of aryl methyl sites for hydroxylation is 1. The van der Waals surface area contributed by atoms with Gasteiger partial charge in [0.05, 0.1) is 5.56 Å². The third-order valence-corrected chi connectivity index (χ3v) is 4.31. The first-order valence-electron chi connectivity index (χ1n) is 9.53. The predicted octanol–water partition coefficient (Wildman–Crippen LogP) is 3.78. The second-order valence-electron chi connectivity index (χ2n) is 7.89. The molecular formula is C21H23F3N4O4. The fourth-order valence-electron chi connectivity index (χ4n) is 2.83. The highest BCUT2D eigenvalue weighted by molar-refractivity contribution is 5.97. The standard InChI is InChI=1S/C21H23F3N4O4/c1-20(2,3)28(19(31)32)16-12-14(9-10-25-16)18(30)27-26-17(29)8-7-13-5-4-6-15(11-13)21(22,23)24/h4-6,9-12H,7-8H2,1-3H3,(H,26,29)(H,27,30)(H,31,32). The summed E-state index contributed by atoms with van der Waals surface area (Å²) in [5, 5.41) is 9.45. The maximum Gasteiger partial charge on any atom is 0.416 e. The number of anilines is 1. The van der Waals surface area contributed by atoms with E-state index in [9.17, 15) is 32.7 Å². The number of hydrogen-bond donors (Lipinski definition) is 3. The number of aromatic nitrogens is 1. The van der Waals surface area contributed by atoms with E-state index in [0.29, 0.717) is 5.56 Å². The van der Waals surface area contributed by atoms with Crippen LogP contribution in [0.1, 0.15) is 48.7 Å². The number of nitrogens with zero attached hydrogens (tertiary/aromatic N) is 2. The number of alkyl halides is 3. The van der Waals surface area contributed by atoms with Gasteiger partial charge >= 0.3 is 12.3 Å². The SMILES string of the molecule is CC(C)(C)N(C(=O)O)c1cc(C(=O)NNC(=O)CCc2cccc(C(F)(F)F)c2)ccn1. The van der Waals surface area contributed by atoms with E-state index in [4.69, 9.17) is 0 Å². The van der Waals surface area contributed by atoms with Gasteiger partial charge in [-0.3, -0.25) is 25.3 Å². The van der Waals surface area contributed by atoms with E-state index < -0.39 is 35.2 Å². The molecule has 2 rings (SSSR count). The molecule has 2 aromatic rings. The first kappa shape index (κ1) is 24.6. The summed E-state index contributed by atoms with van der Waals surface area (Å²) < 4.78 is 38.3. The van der Waals surface area contributed by atoms with Crippen molar-refractivity contribution < 1.29 is 32.7 Å². The zero-order valence-electron chi connectivity index (χ0n) is 17.7. The van der Waals surface area contributed by atoms with Crippen LogP contribution in [0.2, 0.25) is 0 Å². The number of rotatable bonds is 5. The van der Waals surface area contributed by atoms with Gasteiger partial charge in [0.15, 0.2) is 0 Å². The van der Waals surface area contributed by atoms with Crippen LogP contribution in [0.25, 0.3) is 0 Å². The minimum absolute atomic E-state index is 0.0357. The summed E-state index contributed by atoms with van der Waals surface area (Å²) in [4.78, 5) is 40.9. The highest BCUT2D eigenvalue weighted by atomic mass is 19.4. The lowest BCUT2D eigenvalue weighted by atomic mass is 10.1. The maximum atomic E-state index is 12.8. The van der Waals surface area contributed by atoms with E-state index in [0.717, 1.165) is 17.0 Å². The van der Waals surface area contributed by atoms with Gasteiger partial charge in [0.2, 0.25) is 5.91 Å². The second kappa shape index (κ2) is 9.67. The number of benzene rings is 1. The minimum Gasteiger partial charge on any atom is -0.465 e. The van der Waals surface area contributed by atoms with Crippen LogP contribution in [0.15, 0.2) is 42.6 Å². The molecule has 1 aromatic carbocycles. The molecule has 0 fully saturated rings. The van der Waals surface area contributed by atoms with Crippen LogP contribution < -0.4 is 15.8 Å². The number of hydrazine groups is 1. The number of carbonyl (C=O) groups excluding carboxylic acids is 2. The smallest absolute Gasteiger partial charge is 0.416 e. The Hall–Kier alpha value is -3.63. The molecule has 0 radical (unpaired) electrons. The summed E-state index contributed by atoms with van der Waals surface area (Å²) >= 11 is 0. The molecule has 3 N–H and O–H groups in total. The van der Waals surface area contributed by atoms with Crippen molar-refractivity contribution in [2.24, 2.45) is 0 Å². The molecule has 3 amide bonds. The number of amides is 3. The second-order valence-corrected chi connectivity index (χ2v) is 7.89. The summed E-state index contributed by atoms with van der Waals surface area (Å²) in [5.41, 5.74) is 3.15. The van der Waals surface area contributed by atoms with Crippen LogP contribution in [-0.4, -0.2) is 33.5 Å². The predicted molar refractivity (Wildman–Crippen MR) is 110 cm³/mol. The summed E-state index contributed by atoms with van der Waals surface area (Å²) in [6, 6.07) is 7.26. The summed E-state index contributed by atoms with van der Waals surface area (Å²) in [6.45, 7) is 5.00. The molecular weight excluding hydrogens is 429 g/mol. The summed E-state index contributed by atoms with van der Waals surface area (Å²) in [7, 11) is 0. The van der Waals surface area contributed by atoms with Crippen molar-refractivity contribution in [1.82, 2.24) is 15.8 Å². The average Bonchev–Trinajstić information content (AvgIpc) is 2.69. The normalized spacial score (nSPS) is 11.6. The Kier molecular flexibility index (Phi) is 7.44. The van der Waals surface area contributed by atoms with Crippen LogP contribution >= 0.6 is 0 Å². The van der Waals surface area contributed by atoms with Crippen molar-refractivity contribution in [2.45, 2.75) is 45.3 Å². The Morgan fingerprint density at radius 1 is 1.06 bits per heavy atom. The van der Waals surface area contributed by atoms with Crippen LogP contribution in [0.4, 0.5) is 23.8 Å². The highest BCUT2D eigenvalue weighted by Crippen LogP contribution is 2.29.